The molecule has 1 aliphatic heterocycles. The smallest absolute Gasteiger partial charge is 0.268 e. The van der Waals surface area contributed by atoms with Gasteiger partial charge in [-0.2, -0.15) is 10.1 Å². The van der Waals surface area contributed by atoms with Gasteiger partial charge >= 0.3 is 0 Å². The van der Waals surface area contributed by atoms with E-state index in [9.17, 15) is 9.59 Å². The molecule has 2 amide bonds. The topological polar surface area (TPSA) is 61.8 Å². The molecule has 0 aliphatic carbocycles. The highest BCUT2D eigenvalue weighted by Gasteiger charge is 2.28. The summed E-state index contributed by atoms with van der Waals surface area (Å²) in [5.74, 6) is -0.339. The lowest BCUT2D eigenvalue weighted by Crippen LogP contribution is -2.29. The molecule has 1 N–H and O–H groups in total. The lowest BCUT2D eigenvalue weighted by atomic mass is 10.2. The van der Waals surface area contributed by atoms with E-state index in [0.717, 1.165) is 4.70 Å². The zero-order valence-electron chi connectivity index (χ0n) is 13.2. The molecule has 1 aliphatic rings. The summed E-state index contributed by atoms with van der Waals surface area (Å²) in [4.78, 5) is 25.1. The standard InChI is InChI=1S/C18H11Cl2N3O2S/c19-11-7-4-8-12-15(11)16(20)17(26-12)18(25)21-13-9-14(24)23(22-13)10-5-2-1-3-6-10/h1-8H,9H2,(H,21,22,25). The summed E-state index contributed by atoms with van der Waals surface area (Å²) in [5, 5.41) is 9.61. The van der Waals surface area contributed by atoms with Crippen LogP contribution in [0.15, 0.2) is 53.6 Å². The summed E-state index contributed by atoms with van der Waals surface area (Å²) in [5.41, 5.74) is 0.647. The zero-order valence-corrected chi connectivity index (χ0v) is 15.5. The summed E-state index contributed by atoms with van der Waals surface area (Å²) >= 11 is 13.8. The van der Waals surface area contributed by atoms with Crippen molar-refractivity contribution in [1.29, 1.82) is 0 Å². The van der Waals surface area contributed by atoms with Crippen molar-refractivity contribution in [3.8, 4) is 0 Å². The van der Waals surface area contributed by atoms with E-state index < -0.39 is 5.91 Å². The highest BCUT2D eigenvalue weighted by atomic mass is 35.5. The van der Waals surface area contributed by atoms with Crippen LogP contribution in [0, 0.1) is 0 Å². The second-order valence-corrected chi connectivity index (χ2v) is 7.41. The first-order valence-corrected chi connectivity index (χ1v) is 9.25. The van der Waals surface area contributed by atoms with Gasteiger partial charge in [-0.3, -0.25) is 9.59 Å². The van der Waals surface area contributed by atoms with Gasteiger partial charge in [0.05, 0.1) is 22.2 Å². The van der Waals surface area contributed by atoms with Crippen LogP contribution in [0.25, 0.3) is 10.1 Å². The van der Waals surface area contributed by atoms with Crippen molar-refractivity contribution in [2.24, 2.45) is 5.10 Å². The number of halogens is 2. The molecule has 130 valence electrons. The monoisotopic (exact) mass is 403 g/mol. The highest BCUT2D eigenvalue weighted by Crippen LogP contribution is 2.39. The van der Waals surface area contributed by atoms with Gasteiger partial charge in [0.15, 0.2) is 0 Å². The Hall–Kier alpha value is -2.41. The Morgan fingerprint density at radius 3 is 2.62 bits per heavy atom. The number of para-hydroxylation sites is 1. The lowest BCUT2D eigenvalue weighted by molar-refractivity contribution is -0.116. The highest BCUT2D eigenvalue weighted by molar-refractivity contribution is 7.21. The zero-order chi connectivity index (χ0) is 18.3. The number of benzene rings is 2. The maximum Gasteiger partial charge on any atom is 0.268 e. The SMILES string of the molecule is O=C(NC1=NN(c2ccccc2)C(=O)C1)c1sc2cccc(Cl)c2c1Cl. The molecule has 0 spiro atoms. The first kappa shape index (κ1) is 17.0. The van der Waals surface area contributed by atoms with E-state index in [1.807, 2.05) is 24.3 Å². The molecule has 0 unspecified atom stereocenters. The quantitative estimate of drug-likeness (QED) is 0.674. The van der Waals surface area contributed by atoms with E-state index in [-0.39, 0.29) is 18.2 Å². The summed E-state index contributed by atoms with van der Waals surface area (Å²) in [6, 6.07) is 14.4. The van der Waals surface area contributed by atoms with Crippen LogP contribution in [-0.4, -0.2) is 17.6 Å². The van der Waals surface area contributed by atoms with E-state index in [2.05, 4.69) is 10.4 Å². The van der Waals surface area contributed by atoms with E-state index in [0.29, 0.717) is 26.0 Å². The van der Waals surface area contributed by atoms with Gasteiger partial charge in [-0.25, -0.2) is 0 Å². The molecule has 2 aromatic carbocycles. The number of hydrazone groups is 1. The number of nitrogens with zero attached hydrogens (tertiary/aromatic N) is 2. The number of amides is 2. The van der Waals surface area contributed by atoms with Gasteiger partial charge in [-0.1, -0.05) is 47.5 Å². The molecule has 3 aromatic rings. The van der Waals surface area contributed by atoms with E-state index in [1.165, 1.54) is 16.3 Å². The number of hydrogen-bond donors (Lipinski definition) is 1. The molecular weight excluding hydrogens is 393 g/mol. The Kier molecular flexibility index (Phi) is 4.40. The molecule has 0 fully saturated rings. The van der Waals surface area contributed by atoms with Crippen molar-refractivity contribution in [2.75, 3.05) is 5.01 Å². The Morgan fingerprint density at radius 1 is 1.12 bits per heavy atom. The maximum atomic E-state index is 12.6. The van der Waals surface area contributed by atoms with Crippen molar-refractivity contribution >= 4 is 68.0 Å². The van der Waals surface area contributed by atoms with Crippen molar-refractivity contribution < 1.29 is 9.59 Å². The lowest BCUT2D eigenvalue weighted by Gasteiger charge is -2.10. The second-order valence-electron chi connectivity index (χ2n) is 5.58. The van der Waals surface area contributed by atoms with Crippen LogP contribution in [0.3, 0.4) is 0 Å². The fourth-order valence-electron chi connectivity index (χ4n) is 2.67. The number of carbonyl (C=O) groups is 2. The largest absolute Gasteiger partial charge is 0.307 e. The number of fused-ring (bicyclic) bond motifs is 1. The van der Waals surface area contributed by atoms with E-state index in [4.69, 9.17) is 23.2 Å². The second kappa shape index (κ2) is 6.72. The van der Waals surface area contributed by atoms with Crippen LogP contribution < -0.4 is 10.3 Å². The molecule has 0 saturated carbocycles. The van der Waals surface area contributed by atoms with E-state index in [1.54, 1.807) is 24.3 Å². The van der Waals surface area contributed by atoms with Gasteiger partial charge in [-0.05, 0) is 24.3 Å². The Labute approximate surface area is 162 Å². The minimum absolute atomic E-state index is 0.0178. The van der Waals surface area contributed by atoms with Gasteiger partial charge < -0.3 is 5.32 Å². The summed E-state index contributed by atoms with van der Waals surface area (Å²) in [7, 11) is 0. The molecular formula is C18H11Cl2N3O2S. The number of carbonyl (C=O) groups excluding carboxylic acids is 2. The Bertz CT molecular complexity index is 1060. The third-order valence-electron chi connectivity index (χ3n) is 3.85. The van der Waals surface area contributed by atoms with Gasteiger partial charge in [0.25, 0.3) is 11.8 Å². The molecule has 1 aromatic heterocycles. The third kappa shape index (κ3) is 2.96. The number of rotatable bonds is 2. The maximum absolute atomic E-state index is 12.6. The average Bonchev–Trinajstić information content (AvgIpc) is 3.16. The molecule has 0 saturated heterocycles. The van der Waals surface area contributed by atoms with E-state index >= 15 is 0 Å². The number of anilines is 1. The molecule has 2 heterocycles. The third-order valence-corrected chi connectivity index (χ3v) is 5.81. The fraction of sp³-hybridized carbons (Fsp3) is 0.0556. The number of thiophene rings is 1. The fourth-order valence-corrected chi connectivity index (χ4v) is 4.53. The molecule has 5 nitrogen and oxygen atoms in total. The summed E-state index contributed by atoms with van der Waals surface area (Å²) in [6.45, 7) is 0. The van der Waals surface area contributed by atoms with Gasteiger partial charge in [0, 0.05) is 10.1 Å². The van der Waals surface area contributed by atoms with Gasteiger partial charge in [0.1, 0.15) is 10.7 Å². The first-order chi connectivity index (χ1) is 12.5. The average molecular weight is 404 g/mol. The number of nitrogens with one attached hydrogen (secondary N) is 1. The molecule has 0 atom stereocenters. The Balaban J connectivity index is 1.60. The van der Waals surface area contributed by atoms with Gasteiger partial charge in [0.2, 0.25) is 0 Å². The van der Waals surface area contributed by atoms with Crippen molar-refractivity contribution in [3.63, 3.8) is 0 Å². The van der Waals surface area contributed by atoms with Crippen molar-refractivity contribution in [2.45, 2.75) is 6.42 Å². The van der Waals surface area contributed by atoms with Crippen molar-refractivity contribution in [1.82, 2.24) is 5.32 Å². The molecule has 0 bridgehead atoms. The molecule has 26 heavy (non-hydrogen) atoms. The Morgan fingerprint density at radius 2 is 1.88 bits per heavy atom. The normalized spacial score (nSPS) is 14.0. The molecule has 4 rings (SSSR count). The number of hydrogen-bond acceptors (Lipinski definition) is 4. The minimum Gasteiger partial charge on any atom is -0.307 e. The summed E-state index contributed by atoms with van der Waals surface area (Å²) < 4.78 is 0.822. The minimum atomic E-state index is -0.409. The van der Waals surface area contributed by atoms with Crippen molar-refractivity contribution in [3.05, 3.63) is 63.5 Å². The van der Waals surface area contributed by atoms with Gasteiger partial charge in [-0.15, -0.1) is 11.3 Å². The van der Waals surface area contributed by atoms with Crippen LogP contribution in [0.2, 0.25) is 10.0 Å². The number of amidine groups is 1. The van der Waals surface area contributed by atoms with Crippen LogP contribution in [0.4, 0.5) is 5.69 Å². The predicted molar refractivity (Wildman–Crippen MR) is 105 cm³/mol. The van der Waals surface area contributed by atoms with Crippen LogP contribution in [0.1, 0.15) is 16.1 Å². The molecule has 0 radical (unpaired) electrons. The van der Waals surface area contributed by atoms with Crippen LogP contribution >= 0.6 is 34.5 Å². The molecule has 8 heteroatoms. The predicted octanol–water partition coefficient (Wildman–Crippen LogP) is 4.69. The van der Waals surface area contributed by atoms with Crippen LogP contribution in [-0.2, 0) is 4.79 Å². The summed E-state index contributed by atoms with van der Waals surface area (Å²) in [6.07, 6.45) is 0.0178. The first-order valence-electron chi connectivity index (χ1n) is 7.68. The van der Waals surface area contributed by atoms with Crippen LogP contribution in [0.5, 0.6) is 0 Å².